The SMILES string of the molecule is O=C(CCCCCNC(=O)C(F)(F)F)NCCc1ccc(O)c(/N=N/c2ccc(C(=O)ON3C(=O)CCC3O)cc2)c1. The van der Waals surface area contributed by atoms with E-state index in [4.69, 9.17) is 4.84 Å². The van der Waals surface area contributed by atoms with E-state index in [0.717, 1.165) is 5.56 Å². The Hall–Kier alpha value is -4.53. The molecule has 1 atom stereocenters. The summed E-state index contributed by atoms with van der Waals surface area (Å²) in [6.07, 6.45) is -3.93. The van der Waals surface area contributed by atoms with Gasteiger partial charge in [-0.2, -0.15) is 18.3 Å². The van der Waals surface area contributed by atoms with Gasteiger partial charge in [0, 0.05) is 32.4 Å². The van der Waals surface area contributed by atoms with E-state index in [-0.39, 0.29) is 48.7 Å². The Balaban J connectivity index is 1.40. The molecule has 0 saturated carbocycles. The first-order chi connectivity index (χ1) is 19.9. The minimum absolute atomic E-state index is 0.0850. The fourth-order valence-corrected chi connectivity index (χ4v) is 3.80. The van der Waals surface area contributed by atoms with Crippen molar-refractivity contribution < 1.29 is 47.4 Å². The summed E-state index contributed by atoms with van der Waals surface area (Å²) in [6.45, 7) is 0.188. The molecule has 15 heteroatoms. The quantitative estimate of drug-likeness (QED) is 0.203. The van der Waals surface area contributed by atoms with Crippen molar-refractivity contribution in [2.75, 3.05) is 13.1 Å². The highest BCUT2D eigenvalue weighted by Crippen LogP contribution is 2.29. The number of rotatable bonds is 13. The van der Waals surface area contributed by atoms with E-state index >= 15 is 0 Å². The number of amides is 3. The van der Waals surface area contributed by atoms with Crippen LogP contribution >= 0.6 is 0 Å². The largest absolute Gasteiger partial charge is 0.506 e. The molecular weight excluding hydrogens is 563 g/mol. The van der Waals surface area contributed by atoms with Crippen LogP contribution < -0.4 is 10.6 Å². The highest BCUT2D eigenvalue weighted by Gasteiger charge is 2.38. The van der Waals surface area contributed by atoms with Gasteiger partial charge in [-0.25, -0.2) is 4.79 Å². The number of aliphatic hydroxyl groups excluding tert-OH is 1. The second kappa shape index (κ2) is 14.9. The number of hydrogen-bond donors (Lipinski definition) is 4. The van der Waals surface area contributed by atoms with Crippen LogP contribution in [0.15, 0.2) is 52.7 Å². The Morgan fingerprint density at radius 1 is 1.00 bits per heavy atom. The van der Waals surface area contributed by atoms with Gasteiger partial charge in [0.25, 0.3) is 5.91 Å². The molecule has 4 N–H and O–H groups in total. The molecule has 0 radical (unpaired) electrons. The molecule has 12 nitrogen and oxygen atoms in total. The van der Waals surface area contributed by atoms with Gasteiger partial charge < -0.3 is 25.7 Å². The molecule has 0 spiro atoms. The maximum atomic E-state index is 12.2. The Morgan fingerprint density at radius 2 is 1.74 bits per heavy atom. The molecular formula is C27H30F3N5O7. The predicted molar refractivity (Wildman–Crippen MR) is 140 cm³/mol. The van der Waals surface area contributed by atoms with Crippen molar-refractivity contribution in [3.63, 3.8) is 0 Å². The van der Waals surface area contributed by atoms with Crippen LogP contribution in [0.25, 0.3) is 0 Å². The Bertz CT molecular complexity index is 1300. The summed E-state index contributed by atoms with van der Waals surface area (Å²) in [5, 5.41) is 33.1. The zero-order chi connectivity index (χ0) is 30.7. The number of phenols is 1. The summed E-state index contributed by atoms with van der Waals surface area (Å²) < 4.78 is 36.3. The van der Waals surface area contributed by atoms with Gasteiger partial charge in [0.1, 0.15) is 11.4 Å². The molecule has 226 valence electrons. The zero-order valence-corrected chi connectivity index (χ0v) is 22.4. The minimum Gasteiger partial charge on any atom is -0.506 e. The zero-order valence-electron chi connectivity index (χ0n) is 22.4. The number of azo groups is 1. The number of phenolic OH excluding ortho intramolecular Hbond substituents is 1. The van der Waals surface area contributed by atoms with Crippen molar-refractivity contribution in [1.82, 2.24) is 15.7 Å². The topological polar surface area (TPSA) is 170 Å². The molecule has 1 saturated heterocycles. The highest BCUT2D eigenvalue weighted by atomic mass is 19.4. The number of nitrogens with zero attached hydrogens (tertiary/aromatic N) is 3. The molecule has 1 aliphatic heterocycles. The first kappa shape index (κ1) is 32.0. The van der Waals surface area contributed by atoms with E-state index in [2.05, 4.69) is 15.5 Å². The van der Waals surface area contributed by atoms with Gasteiger partial charge in [-0.15, -0.1) is 10.2 Å². The van der Waals surface area contributed by atoms with E-state index in [1.54, 1.807) is 17.4 Å². The number of hydrogen-bond acceptors (Lipinski definition) is 9. The van der Waals surface area contributed by atoms with Gasteiger partial charge in [0.15, 0.2) is 6.23 Å². The summed E-state index contributed by atoms with van der Waals surface area (Å²) in [5.74, 6) is -3.62. The summed E-state index contributed by atoms with van der Waals surface area (Å²) in [5.41, 5.74) is 1.44. The van der Waals surface area contributed by atoms with Gasteiger partial charge in [0.2, 0.25) is 5.91 Å². The van der Waals surface area contributed by atoms with Crippen LogP contribution in [0.3, 0.4) is 0 Å². The molecule has 42 heavy (non-hydrogen) atoms. The highest BCUT2D eigenvalue weighted by molar-refractivity contribution is 5.91. The number of alkyl halides is 3. The second-order valence-corrected chi connectivity index (χ2v) is 9.35. The van der Waals surface area contributed by atoms with Gasteiger partial charge in [0.05, 0.1) is 11.3 Å². The molecule has 3 amide bonds. The maximum Gasteiger partial charge on any atom is 0.471 e. The standard InChI is InChI=1S/C27H30F3N5O7/c28-27(29,30)26(41)32-14-3-1-2-4-22(37)31-15-13-17-5-10-21(36)20(16-17)34-33-19-8-6-18(7-9-19)25(40)42-35-23(38)11-12-24(35)39/h5-10,16,23,36,38H,1-4,11-15H2,(H,31,37)(H,32,41)/b34-33+. The summed E-state index contributed by atoms with van der Waals surface area (Å²) in [6, 6.07) is 10.5. The molecule has 1 fully saturated rings. The van der Waals surface area contributed by atoms with Crippen LogP contribution in [-0.2, 0) is 25.6 Å². The molecule has 2 aromatic rings. The van der Waals surface area contributed by atoms with Gasteiger partial charge in [-0.05, 0) is 61.2 Å². The van der Waals surface area contributed by atoms with Crippen molar-refractivity contribution in [2.45, 2.75) is 57.3 Å². The third-order valence-electron chi connectivity index (χ3n) is 6.09. The predicted octanol–water partition coefficient (Wildman–Crippen LogP) is 3.72. The normalized spacial score (nSPS) is 15.2. The summed E-state index contributed by atoms with van der Waals surface area (Å²) >= 11 is 0. The lowest BCUT2D eigenvalue weighted by Gasteiger charge is -2.18. The fraction of sp³-hybridized carbons (Fsp3) is 0.407. The third-order valence-corrected chi connectivity index (χ3v) is 6.09. The van der Waals surface area contributed by atoms with Crippen molar-refractivity contribution in [1.29, 1.82) is 0 Å². The number of benzene rings is 2. The van der Waals surface area contributed by atoms with E-state index in [1.165, 1.54) is 30.3 Å². The Kier molecular flexibility index (Phi) is 11.4. The van der Waals surface area contributed by atoms with Crippen LogP contribution in [-0.4, -0.2) is 64.5 Å². The monoisotopic (exact) mass is 593 g/mol. The van der Waals surface area contributed by atoms with E-state index in [9.17, 15) is 42.6 Å². The van der Waals surface area contributed by atoms with Gasteiger partial charge in [-0.3, -0.25) is 14.4 Å². The van der Waals surface area contributed by atoms with Gasteiger partial charge in [-0.1, -0.05) is 12.5 Å². The third kappa shape index (κ3) is 9.83. The molecule has 0 bridgehead atoms. The molecule has 3 rings (SSSR count). The maximum absolute atomic E-state index is 12.2. The lowest BCUT2D eigenvalue weighted by molar-refractivity contribution is -0.191. The Morgan fingerprint density at radius 3 is 2.40 bits per heavy atom. The number of hydroxylamine groups is 2. The number of aromatic hydroxyl groups is 1. The minimum atomic E-state index is -4.91. The molecule has 0 aromatic heterocycles. The molecule has 1 aliphatic rings. The van der Waals surface area contributed by atoms with Crippen LogP contribution in [0.4, 0.5) is 24.5 Å². The number of aliphatic hydroxyl groups is 1. The first-order valence-electron chi connectivity index (χ1n) is 13.1. The number of halogens is 3. The average Bonchev–Trinajstić information content (AvgIpc) is 3.26. The lowest BCUT2D eigenvalue weighted by Crippen LogP contribution is -2.37. The molecule has 0 aliphatic carbocycles. The smallest absolute Gasteiger partial charge is 0.471 e. The van der Waals surface area contributed by atoms with E-state index in [1.807, 2.05) is 0 Å². The van der Waals surface area contributed by atoms with Crippen LogP contribution in [0, 0.1) is 0 Å². The number of carbonyl (C=O) groups excluding carboxylic acids is 4. The van der Waals surface area contributed by atoms with Gasteiger partial charge >= 0.3 is 18.1 Å². The lowest BCUT2D eigenvalue weighted by atomic mass is 10.1. The fourth-order valence-electron chi connectivity index (χ4n) is 3.80. The van der Waals surface area contributed by atoms with Crippen molar-refractivity contribution in [2.24, 2.45) is 10.2 Å². The van der Waals surface area contributed by atoms with E-state index in [0.29, 0.717) is 43.0 Å². The van der Waals surface area contributed by atoms with Crippen molar-refractivity contribution in [3.05, 3.63) is 53.6 Å². The van der Waals surface area contributed by atoms with Crippen LogP contribution in [0.2, 0.25) is 0 Å². The van der Waals surface area contributed by atoms with Crippen LogP contribution in [0.5, 0.6) is 5.75 Å². The molecule has 2 aromatic carbocycles. The molecule has 1 heterocycles. The number of nitrogens with one attached hydrogen (secondary N) is 2. The number of carbonyl (C=O) groups is 4. The first-order valence-corrected chi connectivity index (χ1v) is 13.1. The van der Waals surface area contributed by atoms with Crippen molar-refractivity contribution in [3.8, 4) is 5.75 Å². The second-order valence-electron chi connectivity index (χ2n) is 9.35. The molecule has 1 unspecified atom stereocenters. The van der Waals surface area contributed by atoms with E-state index < -0.39 is 30.2 Å². The average molecular weight is 594 g/mol. The van der Waals surface area contributed by atoms with Crippen molar-refractivity contribution >= 4 is 35.1 Å². The summed E-state index contributed by atoms with van der Waals surface area (Å²) in [4.78, 5) is 51.6. The Labute approximate surface area is 238 Å². The number of unbranched alkanes of at least 4 members (excludes halogenated alkanes) is 2. The van der Waals surface area contributed by atoms with Crippen LogP contribution in [0.1, 0.15) is 54.4 Å². The summed E-state index contributed by atoms with van der Waals surface area (Å²) in [7, 11) is 0.